The van der Waals surface area contributed by atoms with E-state index in [1.165, 1.54) is 13.8 Å². The predicted octanol–water partition coefficient (Wildman–Crippen LogP) is 0.990. The molecule has 0 radical (unpaired) electrons. The van der Waals surface area contributed by atoms with E-state index in [9.17, 15) is 22.8 Å². The van der Waals surface area contributed by atoms with Crippen LogP contribution in [-0.4, -0.2) is 79.2 Å². The highest BCUT2D eigenvalue weighted by Crippen LogP contribution is 2.63. The molecule has 0 aromatic heterocycles. The van der Waals surface area contributed by atoms with E-state index in [-0.39, 0.29) is 41.8 Å². The van der Waals surface area contributed by atoms with Crippen molar-refractivity contribution in [3.05, 3.63) is 0 Å². The molecule has 4 bridgehead atoms. The first kappa shape index (κ1) is 22.5. The minimum atomic E-state index is -2.96. The van der Waals surface area contributed by atoms with Gasteiger partial charge < -0.3 is 19.1 Å². The molecule has 174 valence electrons. The SMILES string of the molecule is CC(=O)OC12CC3CC(OC(C)=O)(C1)CC(OC(=O)CCN1CCS(=O)(=O)CC1)(C3)C2. The van der Waals surface area contributed by atoms with E-state index in [0.29, 0.717) is 58.2 Å². The maximum Gasteiger partial charge on any atom is 0.307 e. The maximum atomic E-state index is 12.8. The Morgan fingerprint density at radius 1 is 0.839 bits per heavy atom. The normalized spacial score (nSPS) is 38.5. The molecule has 9 nitrogen and oxygen atoms in total. The Bertz CT molecular complexity index is 838. The van der Waals surface area contributed by atoms with Gasteiger partial charge in [0.25, 0.3) is 0 Å². The third-order valence-electron chi connectivity index (χ3n) is 7.04. The van der Waals surface area contributed by atoms with E-state index in [1.54, 1.807) is 0 Å². The van der Waals surface area contributed by atoms with Gasteiger partial charge in [-0.15, -0.1) is 0 Å². The number of carbonyl (C=O) groups is 3. The van der Waals surface area contributed by atoms with Gasteiger partial charge in [0, 0.05) is 52.7 Å². The lowest BCUT2D eigenvalue weighted by atomic mass is 9.50. The second-order valence-electron chi connectivity index (χ2n) is 9.96. The Hall–Kier alpha value is -1.68. The third-order valence-corrected chi connectivity index (χ3v) is 8.64. The quantitative estimate of drug-likeness (QED) is 0.425. The average Bonchev–Trinajstić information content (AvgIpc) is 2.56. The van der Waals surface area contributed by atoms with E-state index in [4.69, 9.17) is 14.2 Å². The second kappa shape index (κ2) is 7.72. The zero-order valence-corrected chi connectivity index (χ0v) is 19.0. The average molecular weight is 458 g/mol. The molecule has 0 aromatic rings. The zero-order valence-electron chi connectivity index (χ0n) is 18.2. The monoisotopic (exact) mass is 457 g/mol. The van der Waals surface area contributed by atoms with Crippen molar-refractivity contribution in [2.75, 3.05) is 31.1 Å². The third kappa shape index (κ3) is 4.89. The predicted molar refractivity (Wildman–Crippen MR) is 109 cm³/mol. The number of esters is 3. The van der Waals surface area contributed by atoms with Crippen molar-refractivity contribution in [2.24, 2.45) is 5.92 Å². The first-order valence-electron chi connectivity index (χ1n) is 11.0. The summed E-state index contributed by atoms with van der Waals surface area (Å²) in [4.78, 5) is 38.4. The zero-order chi connectivity index (χ0) is 22.5. The van der Waals surface area contributed by atoms with E-state index in [1.807, 2.05) is 4.90 Å². The molecule has 0 N–H and O–H groups in total. The summed E-state index contributed by atoms with van der Waals surface area (Å²) in [5.41, 5.74) is -2.36. The van der Waals surface area contributed by atoms with E-state index in [2.05, 4.69) is 0 Å². The molecule has 5 aliphatic rings. The minimum Gasteiger partial charge on any atom is -0.459 e. The summed E-state index contributed by atoms with van der Waals surface area (Å²) in [6.07, 6.45) is 3.51. The van der Waals surface area contributed by atoms with Crippen LogP contribution >= 0.6 is 0 Å². The molecular formula is C21H31NO8S. The maximum absolute atomic E-state index is 12.8. The van der Waals surface area contributed by atoms with Crippen LogP contribution in [0, 0.1) is 5.92 Å². The molecule has 10 heteroatoms. The van der Waals surface area contributed by atoms with Crippen LogP contribution < -0.4 is 0 Å². The molecular weight excluding hydrogens is 426 g/mol. The first-order chi connectivity index (χ1) is 14.4. The van der Waals surface area contributed by atoms with Crippen LogP contribution in [0.3, 0.4) is 0 Å². The molecule has 1 saturated heterocycles. The highest BCUT2D eigenvalue weighted by molar-refractivity contribution is 7.91. The molecule has 0 aromatic carbocycles. The molecule has 1 heterocycles. The van der Waals surface area contributed by atoms with Crippen LogP contribution in [0.2, 0.25) is 0 Å². The van der Waals surface area contributed by atoms with Crippen molar-refractivity contribution in [3.8, 4) is 0 Å². The Kier molecular flexibility index (Phi) is 5.61. The van der Waals surface area contributed by atoms with Gasteiger partial charge >= 0.3 is 17.9 Å². The van der Waals surface area contributed by atoms with E-state index >= 15 is 0 Å². The topological polar surface area (TPSA) is 116 Å². The lowest BCUT2D eigenvalue weighted by Gasteiger charge is -2.63. The molecule has 4 saturated carbocycles. The lowest BCUT2D eigenvalue weighted by Crippen LogP contribution is -2.68. The van der Waals surface area contributed by atoms with Gasteiger partial charge in [-0.1, -0.05) is 0 Å². The van der Waals surface area contributed by atoms with Gasteiger partial charge in [0.2, 0.25) is 0 Å². The van der Waals surface area contributed by atoms with Gasteiger partial charge in [-0.05, 0) is 25.2 Å². The van der Waals surface area contributed by atoms with Crippen molar-refractivity contribution in [2.45, 2.75) is 75.6 Å². The molecule has 0 amide bonds. The molecule has 5 rings (SSSR count). The van der Waals surface area contributed by atoms with E-state index < -0.39 is 26.6 Å². The molecule has 4 aliphatic carbocycles. The minimum absolute atomic E-state index is 0.115. The number of hydrogen-bond donors (Lipinski definition) is 0. The molecule has 5 fully saturated rings. The van der Waals surface area contributed by atoms with Crippen LogP contribution in [0.15, 0.2) is 0 Å². The molecule has 1 aliphatic heterocycles. The summed E-state index contributed by atoms with van der Waals surface area (Å²) in [6, 6.07) is 0. The van der Waals surface area contributed by atoms with Crippen LogP contribution in [-0.2, 0) is 38.4 Å². The number of ether oxygens (including phenoxy) is 3. The van der Waals surface area contributed by atoms with Crippen LogP contribution in [0.25, 0.3) is 0 Å². The highest BCUT2D eigenvalue weighted by Gasteiger charge is 2.68. The molecule has 0 spiro atoms. The van der Waals surface area contributed by atoms with Gasteiger partial charge in [0.1, 0.15) is 16.8 Å². The molecule has 2 unspecified atom stereocenters. The van der Waals surface area contributed by atoms with Crippen molar-refractivity contribution >= 4 is 27.7 Å². The number of nitrogens with zero attached hydrogens (tertiary/aromatic N) is 1. The smallest absolute Gasteiger partial charge is 0.307 e. The Balaban J connectivity index is 1.45. The van der Waals surface area contributed by atoms with Crippen LogP contribution in [0.5, 0.6) is 0 Å². The van der Waals surface area contributed by atoms with Gasteiger partial charge in [0.15, 0.2) is 9.84 Å². The summed E-state index contributed by atoms with van der Waals surface area (Å²) < 4.78 is 40.7. The number of hydrogen-bond acceptors (Lipinski definition) is 9. The fourth-order valence-electron chi connectivity index (χ4n) is 6.64. The van der Waals surface area contributed by atoms with Gasteiger partial charge in [-0.3, -0.25) is 14.4 Å². The summed E-state index contributed by atoms with van der Waals surface area (Å²) in [7, 11) is -2.96. The highest BCUT2D eigenvalue weighted by atomic mass is 32.2. The van der Waals surface area contributed by atoms with Crippen molar-refractivity contribution in [3.63, 3.8) is 0 Å². The largest absolute Gasteiger partial charge is 0.459 e. The Morgan fingerprint density at radius 3 is 1.74 bits per heavy atom. The van der Waals surface area contributed by atoms with Crippen LogP contribution in [0.1, 0.15) is 58.8 Å². The standard InChI is InChI=1S/C21H31NO8S/c1-15(23)28-19-9-17-10-20(12-19,29-16(2)24)14-21(11-17,13-19)30-18(25)3-4-22-5-7-31(26,27)8-6-22/h17H,3-14H2,1-2H3. The first-order valence-corrected chi connectivity index (χ1v) is 12.8. The lowest BCUT2D eigenvalue weighted by molar-refractivity contribution is -0.271. The fraction of sp³-hybridized carbons (Fsp3) is 0.857. The van der Waals surface area contributed by atoms with Gasteiger partial charge in [-0.2, -0.15) is 0 Å². The Morgan fingerprint density at radius 2 is 1.29 bits per heavy atom. The van der Waals surface area contributed by atoms with Gasteiger partial charge in [0.05, 0.1) is 17.9 Å². The summed E-state index contributed by atoms with van der Waals surface area (Å²) in [5.74, 6) is -0.753. The summed E-state index contributed by atoms with van der Waals surface area (Å²) in [5, 5.41) is 0. The van der Waals surface area contributed by atoms with Crippen molar-refractivity contribution < 1.29 is 37.0 Å². The summed E-state index contributed by atoms with van der Waals surface area (Å²) >= 11 is 0. The van der Waals surface area contributed by atoms with Crippen molar-refractivity contribution in [1.82, 2.24) is 4.90 Å². The molecule has 2 atom stereocenters. The summed E-state index contributed by atoms with van der Waals surface area (Å²) in [6.45, 7) is 4.03. The van der Waals surface area contributed by atoms with Crippen molar-refractivity contribution in [1.29, 1.82) is 0 Å². The number of carbonyl (C=O) groups excluding carboxylic acids is 3. The van der Waals surface area contributed by atoms with Crippen LogP contribution in [0.4, 0.5) is 0 Å². The van der Waals surface area contributed by atoms with Gasteiger partial charge in [-0.25, -0.2) is 8.42 Å². The number of rotatable bonds is 6. The Labute approximate surface area is 182 Å². The number of sulfone groups is 1. The van der Waals surface area contributed by atoms with E-state index in [0.717, 1.165) is 0 Å². The fourth-order valence-corrected chi connectivity index (χ4v) is 7.92. The second-order valence-corrected chi connectivity index (χ2v) is 12.3. The molecule has 31 heavy (non-hydrogen) atoms.